The lowest BCUT2D eigenvalue weighted by Gasteiger charge is -2.06. The summed E-state index contributed by atoms with van der Waals surface area (Å²) in [4.78, 5) is 41.4. The van der Waals surface area contributed by atoms with Gasteiger partial charge < -0.3 is 19.0 Å². The topological polar surface area (TPSA) is 103 Å². The Bertz CT molecular complexity index is 1450. The molecule has 0 aliphatic carbocycles. The van der Waals surface area contributed by atoms with E-state index in [1.54, 1.807) is 30.3 Å². The Balaban J connectivity index is 1.81. The number of rotatable bonds is 6. The Morgan fingerprint density at radius 3 is 2.78 bits per heavy atom. The number of carbonyl (C=O) groups is 2. The lowest BCUT2D eigenvalue weighted by Crippen LogP contribution is -2.21. The van der Waals surface area contributed by atoms with Crippen LogP contribution in [0.2, 0.25) is 0 Å². The second kappa shape index (κ2) is 9.29. The number of nitrogens with one attached hydrogen (secondary N) is 1. The van der Waals surface area contributed by atoms with Gasteiger partial charge >= 0.3 is 5.63 Å². The van der Waals surface area contributed by atoms with Gasteiger partial charge in [-0.2, -0.15) is 4.99 Å². The van der Waals surface area contributed by atoms with E-state index in [0.717, 1.165) is 10.2 Å². The van der Waals surface area contributed by atoms with Gasteiger partial charge in [0, 0.05) is 31.1 Å². The average Bonchev–Trinajstić information content (AvgIpc) is 3.09. The number of carbonyl (C=O) groups excluding carboxylic acids is 2. The summed E-state index contributed by atoms with van der Waals surface area (Å²) in [7, 11) is 0. The quantitative estimate of drug-likeness (QED) is 0.357. The molecule has 9 heteroatoms. The van der Waals surface area contributed by atoms with Crippen LogP contribution in [-0.4, -0.2) is 29.6 Å². The second-order valence-electron chi connectivity index (χ2n) is 7.00. The standard InChI is InChI=1S/C23H21N3O5S/c1-3-30-11-10-26-18-9-8-16(24-14(2)27)13-20(18)32-23(26)25-21(28)17-12-15-6-4-5-7-19(15)31-22(17)29/h4-9,12-13H,3,10-11H2,1-2H3,(H,24,27). The first-order chi connectivity index (χ1) is 15.5. The number of anilines is 1. The largest absolute Gasteiger partial charge is 0.422 e. The molecule has 2 aromatic heterocycles. The van der Waals surface area contributed by atoms with E-state index < -0.39 is 11.5 Å². The van der Waals surface area contributed by atoms with Gasteiger partial charge in [-0.05, 0) is 37.3 Å². The van der Waals surface area contributed by atoms with Crippen molar-refractivity contribution in [1.29, 1.82) is 0 Å². The fourth-order valence-electron chi connectivity index (χ4n) is 3.31. The van der Waals surface area contributed by atoms with Crippen LogP contribution >= 0.6 is 11.3 Å². The number of fused-ring (bicyclic) bond motifs is 2. The molecule has 8 nitrogen and oxygen atoms in total. The van der Waals surface area contributed by atoms with Gasteiger partial charge in [0.25, 0.3) is 5.91 Å². The number of nitrogens with zero attached hydrogens (tertiary/aromatic N) is 2. The highest BCUT2D eigenvalue weighted by Crippen LogP contribution is 2.22. The van der Waals surface area contributed by atoms with Crippen molar-refractivity contribution >= 4 is 50.0 Å². The highest BCUT2D eigenvalue weighted by Gasteiger charge is 2.15. The van der Waals surface area contributed by atoms with Crippen molar-refractivity contribution in [2.45, 2.75) is 20.4 Å². The molecule has 0 saturated carbocycles. The summed E-state index contributed by atoms with van der Waals surface area (Å²) in [5, 5.41) is 3.40. The number of amides is 2. The molecule has 0 aliphatic rings. The van der Waals surface area contributed by atoms with Gasteiger partial charge in [0.2, 0.25) is 5.91 Å². The normalized spacial score (nSPS) is 11.9. The molecule has 2 aromatic carbocycles. The van der Waals surface area contributed by atoms with Gasteiger partial charge in [0.1, 0.15) is 11.1 Å². The molecule has 4 aromatic rings. The number of benzene rings is 2. The molecule has 0 spiro atoms. The number of para-hydroxylation sites is 1. The van der Waals surface area contributed by atoms with Crippen LogP contribution in [0.5, 0.6) is 0 Å². The van der Waals surface area contributed by atoms with Gasteiger partial charge in [-0.15, -0.1) is 0 Å². The molecule has 0 saturated heterocycles. The van der Waals surface area contributed by atoms with Crippen molar-refractivity contribution in [2.24, 2.45) is 4.99 Å². The minimum Gasteiger partial charge on any atom is -0.422 e. The zero-order valence-corrected chi connectivity index (χ0v) is 18.4. The van der Waals surface area contributed by atoms with E-state index in [1.807, 2.05) is 23.6 Å². The Morgan fingerprint density at radius 1 is 1.19 bits per heavy atom. The van der Waals surface area contributed by atoms with Gasteiger partial charge in [-0.25, -0.2) is 4.79 Å². The van der Waals surface area contributed by atoms with Crippen molar-refractivity contribution < 1.29 is 18.7 Å². The van der Waals surface area contributed by atoms with Crippen molar-refractivity contribution in [3.05, 3.63) is 69.3 Å². The van der Waals surface area contributed by atoms with Crippen molar-refractivity contribution in [3.63, 3.8) is 0 Å². The molecule has 0 atom stereocenters. The summed E-state index contributed by atoms with van der Waals surface area (Å²) in [6.07, 6.45) is 0. The number of ether oxygens (including phenoxy) is 1. The Hall–Kier alpha value is -3.56. The Morgan fingerprint density at radius 2 is 2.00 bits per heavy atom. The maximum absolute atomic E-state index is 12.9. The summed E-state index contributed by atoms with van der Waals surface area (Å²) in [6, 6.07) is 14.0. The van der Waals surface area contributed by atoms with E-state index in [1.165, 1.54) is 24.3 Å². The maximum Gasteiger partial charge on any atom is 0.349 e. The molecule has 164 valence electrons. The zero-order chi connectivity index (χ0) is 22.7. The van der Waals surface area contributed by atoms with Gasteiger partial charge in [-0.1, -0.05) is 29.5 Å². The minimum atomic E-state index is -0.729. The van der Waals surface area contributed by atoms with E-state index in [9.17, 15) is 14.4 Å². The lowest BCUT2D eigenvalue weighted by molar-refractivity contribution is -0.114. The number of hydrogen-bond acceptors (Lipinski definition) is 6. The van der Waals surface area contributed by atoms with Crippen molar-refractivity contribution in [2.75, 3.05) is 18.5 Å². The van der Waals surface area contributed by atoms with Crippen LogP contribution in [0, 0.1) is 0 Å². The van der Waals surface area contributed by atoms with Crippen LogP contribution in [0.3, 0.4) is 0 Å². The molecule has 32 heavy (non-hydrogen) atoms. The molecular formula is C23H21N3O5S. The summed E-state index contributed by atoms with van der Waals surface area (Å²) in [6.45, 7) is 4.83. The fourth-order valence-corrected chi connectivity index (χ4v) is 4.41. The summed E-state index contributed by atoms with van der Waals surface area (Å²) in [5.41, 5.74) is 1.05. The number of aromatic nitrogens is 1. The Labute approximate surface area is 186 Å². The summed E-state index contributed by atoms with van der Waals surface area (Å²) >= 11 is 1.29. The van der Waals surface area contributed by atoms with E-state index >= 15 is 0 Å². The van der Waals surface area contributed by atoms with E-state index in [0.29, 0.717) is 41.2 Å². The van der Waals surface area contributed by atoms with Crippen LogP contribution in [0.25, 0.3) is 21.2 Å². The van der Waals surface area contributed by atoms with Gasteiger partial charge in [-0.3, -0.25) is 9.59 Å². The van der Waals surface area contributed by atoms with Crippen LogP contribution in [0.1, 0.15) is 24.2 Å². The maximum atomic E-state index is 12.9. The highest BCUT2D eigenvalue weighted by atomic mass is 32.1. The summed E-state index contributed by atoms with van der Waals surface area (Å²) < 4.78 is 13.5. The first-order valence-corrected chi connectivity index (χ1v) is 10.9. The first kappa shape index (κ1) is 21.7. The number of hydrogen-bond donors (Lipinski definition) is 1. The second-order valence-corrected chi connectivity index (χ2v) is 8.01. The molecule has 1 N–H and O–H groups in total. The van der Waals surface area contributed by atoms with Crippen molar-refractivity contribution in [3.8, 4) is 0 Å². The van der Waals surface area contributed by atoms with Crippen LogP contribution < -0.4 is 15.7 Å². The average molecular weight is 452 g/mol. The lowest BCUT2D eigenvalue weighted by atomic mass is 10.2. The van der Waals surface area contributed by atoms with Crippen LogP contribution in [0.15, 0.2) is 62.7 Å². The summed E-state index contributed by atoms with van der Waals surface area (Å²) in [5.74, 6) is -0.850. The molecule has 4 rings (SSSR count). The molecule has 0 radical (unpaired) electrons. The van der Waals surface area contributed by atoms with Crippen molar-refractivity contribution in [1.82, 2.24) is 4.57 Å². The predicted molar refractivity (Wildman–Crippen MR) is 123 cm³/mol. The molecule has 0 unspecified atom stereocenters. The minimum absolute atomic E-state index is 0.128. The smallest absolute Gasteiger partial charge is 0.349 e. The van der Waals surface area contributed by atoms with E-state index in [2.05, 4.69) is 10.3 Å². The van der Waals surface area contributed by atoms with Crippen LogP contribution in [-0.2, 0) is 16.1 Å². The Kier molecular flexibility index (Phi) is 6.29. The predicted octanol–water partition coefficient (Wildman–Crippen LogP) is 3.55. The molecular weight excluding hydrogens is 430 g/mol. The highest BCUT2D eigenvalue weighted by molar-refractivity contribution is 7.16. The molecule has 0 fully saturated rings. The first-order valence-electron chi connectivity index (χ1n) is 10.1. The molecule has 0 bridgehead atoms. The third-order valence-corrected chi connectivity index (χ3v) is 5.78. The third kappa shape index (κ3) is 4.53. The van der Waals surface area contributed by atoms with Gasteiger partial charge in [0.05, 0.1) is 16.8 Å². The van der Waals surface area contributed by atoms with E-state index in [4.69, 9.17) is 9.15 Å². The van der Waals surface area contributed by atoms with E-state index in [-0.39, 0.29) is 11.5 Å². The molecule has 0 aliphatic heterocycles. The van der Waals surface area contributed by atoms with Crippen LogP contribution in [0.4, 0.5) is 5.69 Å². The van der Waals surface area contributed by atoms with Gasteiger partial charge in [0.15, 0.2) is 4.80 Å². The third-order valence-electron chi connectivity index (χ3n) is 4.74. The monoisotopic (exact) mass is 451 g/mol. The molecule has 2 heterocycles. The fraction of sp³-hybridized carbons (Fsp3) is 0.217. The zero-order valence-electron chi connectivity index (χ0n) is 17.6. The SMILES string of the molecule is CCOCCn1c(=NC(=O)c2cc3ccccc3oc2=O)sc2cc(NC(C)=O)ccc21. The number of thiazole rings is 1. The molecule has 2 amide bonds.